The molecule has 5 rings (SSSR count). The molecule has 1 aliphatic carbocycles. The van der Waals surface area contributed by atoms with Gasteiger partial charge >= 0.3 is 0 Å². The second-order valence-electron chi connectivity index (χ2n) is 10.4. The highest BCUT2D eigenvalue weighted by Gasteiger charge is 2.47. The monoisotopic (exact) mass is 527 g/mol. The number of anilines is 1. The zero-order chi connectivity index (χ0) is 27.2. The molecule has 0 amide bonds. The number of nitro benzene ring substituents is 1. The number of aliphatic hydroxyl groups excluding tert-OH is 1. The van der Waals surface area contributed by atoms with Crippen molar-refractivity contribution in [1.29, 1.82) is 5.41 Å². The number of aliphatic hydroxyl groups is 1. The number of rotatable bonds is 4. The molecule has 0 fully saturated rings. The number of carbonyl (C=O) groups is 1. The van der Waals surface area contributed by atoms with Crippen molar-refractivity contribution in [2.45, 2.75) is 32.6 Å². The van der Waals surface area contributed by atoms with Gasteiger partial charge in [-0.25, -0.2) is 0 Å². The number of ketones is 1. The Labute approximate surface area is 225 Å². The number of nitro groups is 1. The van der Waals surface area contributed by atoms with Gasteiger partial charge in [0.2, 0.25) is 0 Å². The van der Waals surface area contributed by atoms with Crippen LogP contribution in [-0.4, -0.2) is 21.6 Å². The lowest BCUT2D eigenvalue weighted by Crippen LogP contribution is -2.45. The average molecular weight is 528 g/mol. The number of non-ortho nitro benzene ring substituents is 1. The van der Waals surface area contributed by atoms with Crippen molar-refractivity contribution in [2.75, 3.05) is 4.90 Å². The molecule has 2 N–H and O–H groups in total. The van der Waals surface area contributed by atoms with Gasteiger partial charge < -0.3 is 5.11 Å². The first-order valence-electron chi connectivity index (χ1n) is 12.2. The van der Waals surface area contributed by atoms with Crippen molar-refractivity contribution in [3.63, 3.8) is 0 Å². The summed E-state index contributed by atoms with van der Waals surface area (Å²) in [5.74, 6) is -1.13. The minimum absolute atomic E-state index is 0.00516. The lowest BCUT2D eigenvalue weighted by Gasteiger charge is -2.45. The van der Waals surface area contributed by atoms with E-state index in [4.69, 9.17) is 11.6 Å². The van der Waals surface area contributed by atoms with E-state index in [0.717, 1.165) is 0 Å². The normalized spacial score (nSPS) is 20.3. The molecule has 3 aromatic rings. The fraction of sp³-hybridized carbons (Fsp3) is 0.200. The molecule has 0 saturated carbocycles. The molecule has 0 bridgehead atoms. The Balaban J connectivity index is 1.86. The molecule has 0 aromatic heterocycles. The van der Waals surface area contributed by atoms with Crippen LogP contribution in [0, 0.1) is 20.9 Å². The molecule has 38 heavy (non-hydrogen) atoms. The number of hydrogen-bond acceptors (Lipinski definition) is 5. The van der Waals surface area contributed by atoms with Crippen LogP contribution in [-0.2, 0) is 4.79 Å². The average Bonchev–Trinajstić information content (AvgIpc) is 2.88. The maximum atomic E-state index is 13.9. The number of nitrogens with zero attached hydrogens (tertiary/aromatic N) is 2. The molecular formula is C30H26ClN3O4. The third-order valence-electron chi connectivity index (χ3n) is 7.02. The number of carbonyl (C=O) groups excluding carboxylic acids is 1. The van der Waals surface area contributed by atoms with Crippen molar-refractivity contribution >= 4 is 40.4 Å². The summed E-state index contributed by atoms with van der Waals surface area (Å²) in [4.78, 5) is 26.7. The van der Waals surface area contributed by atoms with Gasteiger partial charge in [-0.15, -0.1) is 0 Å². The van der Waals surface area contributed by atoms with Crippen LogP contribution in [0.1, 0.15) is 43.7 Å². The van der Waals surface area contributed by atoms with Gasteiger partial charge in [0.15, 0.2) is 5.78 Å². The summed E-state index contributed by atoms with van der Waals surface area (Å²) in [7, 11) is 0. The van der Waals surface area contributed by atoms with E-state index in [-0.39, 0.29) is 40.5 Å². The largest absolute Gasteiger partial charge is 0.507 e. The van der Waals surface area contributed by atoms with Crippen molar-refractivity contribution < 1.29 is 14.8 Å². The second-order valence-corrected chi connectivity index (χ2v) is 10.8. The van der Waals surface area contributed by atoms with Crippen molar-refractivity contribution in [1.82, 2.24) is 0 Å². The Morgan fingerprint density at radius 3 is 2.39 bits per heavy atom. The first kappa shape index (κ1) is 25.4. The fourth-order valence-corrected chi connectivity index (χ4v) is 5.52. The highest BCUT2D eigenvalue weighted by atomic mass is 35.5. The maximum absolute atomic E-state index is 13.9. The smallest absolute Gasteiger partial charge is 0.269 e. The van der Waals surface area contributed by atoms with Crippen LogP contribution in [0.2, 0.25) is 5.02 Å². The second kappa shape index (κ2) is 9.58. The van der Waals surface area contributed by atoms with Crippen LogP contribution < -0.4 is 4.90 Å². The summed E-state index contributed by atoms with van der Waals surface area (Å²) < 4.78 is 0. The predicted molar refractivity (Wildman–Crippen MR) is 149 cm³/mol. The van der Waals surface area contributed by atoms with Crippen LogP contribution in [0.4, 0.5) is 11.4 Å². The number of Topliss-reactive ketones (excluding diaryl/α,β-unsaturated/α-hetero) is 1. The highest BCUT2D eigenvalue weighted by molar-refractivity contribution is 6.30. The summed E-state index contributed by atoms with van der Waals surface area (Å²) in [6, 6.07) is 21.9. The van der Waals surface area contributed by atoms with E-state index in [1.54, 1.807) is 65.6 Å². The zero-order valence-electron chi connectivity index (χ0n) is 20.9. The molecule has 1 heterocycles. The van der Waals surface area contributed by atoms with Gasteiger partial charge in [-0.1, -0.05) is 67.9 Å². The standard InChI is InChI=1S/C30H26ClN3O4/c1-30(2)16-23-26(24(35)17-30)25(19-9-6-10-22(15-19)34(37)38)27(28(36)18-7-4-3-5-8-18)29(32)33(23)21-13-11-20(31)12-14-21/h3-15,25,32,36H,16-17H2,1-2H3/b28-27+,32-29?. The molecule has 7 nitrogen and oxygen atoms in total. The minimum Gasteiger partial charge on any atom is -0.507 e. The SMILES string of the molecule is CC1(C)CC(=O)C2=C(C1)N(c1ccc(Cl)cc1)C(=N)/C(=C(/O)c1ccccc1)C2c1cccc([N+](=O)[O-])c1. The first-order chi connectivity index (χ1) is 18.1. The van der Waals surface area contributed by atoms with Gasteiger partial charge in [-0.2, -0.15) is 0 Å². The van der Waals surface area contributed by atoms with E-state index in [9.17, 15) is 25.4 Å². The number of hydrogen-bond donors (Lipinski definition) is 2. The van der Waals surface area contributed by atoms with Gasteiger partial charge in [0, 0.05) is 57.6 Å². The third-order valence-corrected chi connectivity index (χ3v) is 7.28. The quantitative estimate of drug-likeness (QED) is 0.208. The van der Waals surface area contributed by atoms with Crippen molar-refractivity contribution in [3.05, 3.63) is 122 Å². The van der Waals surface area contributed by atoms with Gasteiger partial charge in [-0.05, 0) is 41.7 Å². The molecule has 1 aliphatic heterocycles. The Morgan fingerprint density at radius 2 is 1.74 bits per heavy atom. The maximum Gasteiger partial charge on any atom is 0.269 e. The molecular weight excluding hydrogens is 502 g/mol. The van der Waals surface area contributed by atoms with E-state index in [1.165, 1.54) is 12.1 Å². The number of nitrogens with one attached hydrogen (secondary N) is 1. The van der Waals surface area contributed by atoms with Crippen molar-refractivity contribution in [3.8, 4) is 0 Å². The fourth-order valence-electron chi connectivity index (χ4n) is 5.39. The summed E-state index contributed by atoms with van der Waals surface area (Å²) >= 11 is 6.15. The lowest BCUT2D eigenvalue weighted by atomic mass is 9.67. The van der Waals surface area contributed by atoms with Crippen LogP contribution in [0.3, 0.4) is 0 Å². The van der Waals surface area contributed by atoms with E-state index >= 15 is 0 Å². The molecule has 1 unspecified atom stereocenters. The summed E-state index contributed by atoms with van der Waals surface area (Å²) in [6.45, 7) is 4.01. The molecule has 0 spiro atoms. The molecule has 1 atom stereocenters. The van der Waals surface area contributed by atoms with E-state index in [0.29, 0.717) is 39.5 Å². The number of amidine groups is 1. The highest BCUT2D eigenvalue weighted by Crippen LogP contribution is 2.51. The van der Waals surface area contributed by atoms with Crippen molar-refractivity contribution in [2.24, 2.45) is 5.41 Å². The van der Waals surface area contributed by atoms with Gasteiger partial charge in [0.1, 0.15) is 11.6 Å². The molecule has 192 valence electrons. The Bertz CT molecular complexity index is 1520. The Kier molecular flexibility index (Phi) is 6.41. The van der Waals surface area contributed by atoms with Crippen LogP contribution in [0.5, 0.6) is 0 Å². The third kappa shape index (κ3) is 4.50. The zero-order valence-corrected chi connectivity index (χ0v) is 21.7. The van der Waals surface area contributed by atoms with E-state index in [2.05, 4.69) is 0 Å². The number of benzene rings is 3. The summed E-state index contributed by atoms with van der Waals surface area (Å²) in [5.41, 5.74) is 2.39. The minimum atomic E-state index is -0.857. The predicted octanol–water partition coefficient (Wildman–Crippen LogP) is 7.44. The van der Waals surface area contributed by atoms with E-state index in [1.807, 2.05) is 19.9 Å². The molecule has 0 saturated heterocycles. The topological polar surface area (TPSA) is 108 Å². The summed E-state index contributed by atoms with van der Waals surface area (Å²) in [5, 5.41) is 33.2. The molecule has 3 aromatic carbocycles. The van der Waals surface area contributed by atoms with Crippen LogP contribution >= 0.6 is 11.6 Å². The number of halogens is 1. The van der Waals surface area contributed by atoms with Gasteiger partial charge in [-0.3, -0.25) is 25.2 Å². The molecule has 2 aliphatic rings. The molecule has 0 radical (unpaired) electrons. The van der Waals surface area contributed by atoms with Gasteiger partial charge in [0.25, 0.3) is 5.69 Å². The van der Waals surface area contributed by atoms with Crippen LogP contribution in [0.25, 0.3) is 5.76 Å². The van der Waals surface area contributed by atoms with Gasteiger partial charge in [0.05, 0.1) is 4.92 Å². The first-order valence-corrected chi connectivity index (χ1v) is 12.6. The Morgan fingerprint density at radius 1 is 1.05 bits per heavy atom. The van der Waals surface area contributed by atoms with E-state index < -0.39 is 10.8 Å². The summed E-state index contributed by atoms with van der Waals surface area (Å²) in [6.07, 6.45) is 0.780. The lowest BCUT2D eigenvalue weighted by molar-refractivity contribution is -0.384. The van der Waals surface area contributed by atoms with Crippen LogP contribution in [0.15, 0.2) is 95.7 Å². The number of allylic oxidation sites excluding steroid dienone is 2. The Hall–Kier alpha value is -4.23. The molecule has 8 heteroatoms.